The molecule has 0 radical (unpaired) electrons. The molecule has 0 saturated heterocycles. The number of methoxy groups -OCH3 is 1. The van der Waals surface area contributed by atoms with Crippen molar-refractivity contribution in [2.45, 2.75) is 26.2 Å². The number of aromatic nitrogens is 1. The summed E-state index contributed by atoms with van der Waals surface area (Å²) in [4.78, 5) is 15.4. The Bertz CT molecular complexity index is 576. The molecule has 21 heavy (non-hydrogen) atoms. The summed E-state index contributed by atoms with van der Waals surface area (Å²) >= 11 is 0. The average Bonchev–Trinajstić information content (AvgIpc) is 2.54. The molecule has 110 valence electrons. The third-order valence-corrected chi connectivity index (χ3v) is 3.12. The maximum Gasteiger partial charge on any atom is 0.339 e. The van der Waals surface area contributed by atoms with Gasteiger partial charge in [0.15, 0.2) is 0 Å². The number of carbonyl (C=O) groups excluding carboxylic acids is 1. The highest BCUT2D eigenvalue weighted by atomic mass is 16.5. The second kappa shape index (κ2) is 7.43. The minimum Gasteiger partial charge on any atom is -0.465 e. The van der Waals surface area contributed by atoms with Gasteiger partial charge >= 0.3 is 5.97 Å². The Kier molecular flexibility index (Phi) is 5.32. The Labute approximate surface area is 124 Å². The van der Waals surface area contributed by atoms with Crippen molar-refractivity contribution in [3.05, 3.63) is 53.7 Å². The normalized spacial score (nSPS) is 10.2. The number of pyridine rings is 1. The highest BCUT2D eigenvalue weighted by Gasteiger charge is 2.06. The number of unbranched alkanes of at least 4 members (excludes halogenated alkanes) is 1. The Balaban J connectivity index is 1.99. The van der Waals surface area contributed by atoms with Crippen molar-refractivity contribution in [1.29, 1.82) is 0 Å². The zero-order valence-electron chi connectivity index (χ0n) is 12.3. The van der Waals surface area contributed by atoms with Crippen molar-refractivity contribution in [3.8, 4) is 11.6 Å². The van der Waals surface area contributed by atoms with Gasteiger partial charge in [-0.1, -0.05) is 25.5 Å². The molecular weight excluding hydrogens is 266 g/mol. The fourth-order valence-electron chi connectivity index (χ4n) is 1.91. The minimum absolute atomic E-state index is 0.403. The van der Waals surface area contributed by atoms with Crippen LogP contribution in [-0.4, -0.2) is 18.1 Å². The van der Waals surface area contributed by atoms with Crippen molar-refractivity contribution in [2.75, 3.05) is 7.11 Å². The molecule has 0 aliphatic heterocycles. The van der Waals surface area contributed by atoms with Crippen molar-refractivity contribution >= 4 is 5.97 Å². The molecule has 1 heterocycles. The van der Waals surface area contributed by atoms with Crippen molar-refractivity contribution in [1.82, 2.24) is 4.98 Å². The van der Waals surface area contributed by atoms with E-state index < -0.39 is 5.97 Å². The summed E-state index contributed by atoms with van der Waals surface area (Å²) in [5.41, 5.74) is 1.71. The van der Waals surface area contributed by atoms with E-state index in [9.17, 15) is 4.79 Å². The summed E-state index contributed by atoms with van der Waals surface area (Å²) in [6.07, 6.45) is 4.91. The Morgan fingerprint density at radius 1 is 1.14 bits per heavy atom. The van der Waals surface area contributed by atoms with E-state index in [1.165, 1.54) is 31.7 Å². The first-order chi connectivity index (χ1) is 10.2. The van der Waals surface area contributed by atoms with E-state index in [-0.39, 0.29) is 0 Å². The lowest BCUT2D eigenvalue weighted by atomic mass is 10.1. The standard InChI is InChI=1S/C17H19NO3/c1-3-4-5-13-6-9-15(10-7-13)21-16-11-8-14(12-18-16)17(19)20-2/h6-12H,3-5H2,1-2H3. The highest BCUT2D eigenvalue weighted by Crippen LogP contribution is 2.20. The van der Waals surface area contributed by atoms with Crippen LogP contribution in [0.1, 0.15) is 35.7 Å². The van der Waals surface area contributed by atoms with E-state index in [4.69, 9.17) is 4.74 Å². The average molecular weight is 285 g/mol. The van der Waals surface area contributed by atoms with Crippen LogP contribution in [-0.2, 0) is 11.2 Å². The summed E-state index contributed by atoms with van der Waals surface area (Å²) in [5, 5.41) is 0. The maximum atomic E-state index is 11.3. The molecule has 1 aromatic heterocycles. The second-order valence-corrected chi connectivity index (χ2v) is 4.73. The Morgan fingerprint density at radius 3 is 2.48 bits per heavy atom. The van der Waals surface area contributed by atoms with Crippen molar-refractivity contribution in [2.24, 2.45) is 0 Å². The molecule has 0 N–H and O–H groups in total. The molecule has 0 spiro atoms. The number of ether oxygens (including phenoxy) is 2. The number of nitrogens with zero attached hydrogens (tertiary/aromatic N) is 1. The van der Waals surface area contributed by atoms with Crippen LogP contribution >= 0.6 is 0 Å². The molecule has 0 aliphatic carbocycles. The first-order valence-corrected chi connectivity index (χ1v) is 7.04. The zero-order valence-corrected chi connectivity index (χ0v) is 12.3. The van der Waals surface area contributed by atoms with Gasteiger partial charge in [-0.2, -0.15) is 0 Å². The summed E-state index contributed by atoms with van der Waals surface area (Å²) in [5.74, 6) is 0.770. The van der Waals surface area contributed by atoms with Gasteiger partial charge in [0.2, 0.25) is 5.88 Å². The molecule has 0 amide bonds. The van der Waals surface area contributed by atoms with E-state index >= 15 is 0 Å². The number of hydrogen-bond acceptors (Lipinski definition) is 4. The van der Waals surface area contributed by atoms with Crippen LogP contribution in [0, 0.1) is 0 Å². The van der Waals surface area contributed by atoms with Crippen LogP contribution in [0.2, 0.25) is 0 Å². The predicted octanol–water partition coefficient (Wildman–Crippen LogP) is 4.00. The SMILES string of the molecule is CCCCc1ccc(Oc2ccc(C(=O)OC)cn2)cc1. The topological polar surface area (TPSA) is 48.4 Å². The lowest BCUT2D eigenvalue weighted by molar-refractivity contribution is 0.0600. The largest absolute Gasteiger partial charge is 0.465 e. The van der Waals surface area contributed by atoms with Gasteiger partial charge in [-0.3, -0.25) is 0 Å². The molecule has 0 fully saturated rings. The van der Waals surface area contributed by atoms with Crippen LogP contribution in [0.5, 0.6) is 11.6 Å². The molecule has 0 unspecified atom stereocenters. The van der Waals surface area contributed by atoms with Crippen LogP contribution < -0.4 is 4.74 Å². The van der Waals surface area contributed by atoms with Crippen LogP contribution in [0.15, 0.2) is 42.6 Å². The number of rotatable bonds is 6. The molecular formula is C17H19NO3. The lowest BCUT2D eigenvalue weighted by Gasteiger charge is -2.06. The molecule has 2 rings (SSSR count). The van der Waals surface area contributed by atoms with E-state index in [1.807, 2.05) is 12.1 Å². The van der Waals surface area contributed by atoms with Crippen LogP contribution in [0.4, 0.5) is 0 Å². The number of aryl methyl sites for hydroxylation is 1. The van der Waals surface area contributed by atoms with Gasteiger partial charge in [-0.25, -0.2) is 9.78 Å². The van der Waals surface area contributed by atoms with Gasteiger partial charge in [-0.05, 0) is 36.6 Å². The molecule has 0 bridgehead atoms. The first kappa shape index (κ1) is 15.0. The molecule has 1 aromatic carbocycles. The lowest BCUT2D eigenvalue weighted by Crippen LogP contribution is -2.01. The number of esters is 1. The molecule has 0 atom stereocenters. The smallest absolute Gasteiger partial charge is 0.339 e. The Morgan fingerprint density at radius 2 is 1.90 bits per heavy atom. The van der Waals surface area contributed by atoms with Gasteiger partial charge in [0.1, 0.15) is 5.75 Å². The molecule has 4 heteroatoms. The van der Waals surface area contributed by atoms with Crippen LogP contribution in [0.25, 0.3) is 0 Å². The first-order valence-electron chi connectivity index (χ1n) is 7.04. The third-order valence-electron chi connectivity index (χ3n) is 3.12. The summed E-state index contributed by atoms with van der Waals surface area (Å²) < 4.78 is 10.3. The van der Waals surface area contributed by atoms with Gasteiger partial charge in [0.05, 0.1) is 12.7 Å². The highest BCUT2D eigenvalue weighted by molar-refractivity contribution is 5.88. The number of hydrogen-bond donors (Lipinski definition) is 0. The number of benzene rings is 1. The summed E-state index contributed by atoms with van der Waals surface area (Å²) in [6, 6.07) is 11.3. The second-order valence-electron chi connectivity index (χ2n) is 4.73. The van der Waals surface area contributed by atoms with Gasteiger partial charge in [0, 0.05) is 12.3 Å². The third kappa shape index (κ3) is 4.31. The fourth-order valence-corrected chi connectivity index (χ4v) is 1.91. The van der Waals surface area contributed by atoms with E-state index in [1.54, 1.807) is 12.1 Å². The van der Waals surface area contributed by atoms with E-state index in [0.29, 0.717) is 11.4 Å². The minimum atomic E-state index is -0.408. The molecule has 0 saturated carbocycles. The van der Waals surface area contributed by atoms with E-state index in [0.717, 1.165) is 12.2 Å². The molecule has 0 aliphatic rings. The predicted molar refractivity (Wildman–Crippen MR) is 80.7 cm³/mol. The zero-order chi connectivity index (χ0) is 15.1. The monoisotopic (exact) mass is 285 g/mol. The maximum absolute atomic E-state index is 11.3. The molecule has 4 nitrogen and oxygen atoms in total. The van der Waals surface area contributed by atoms with Gasteiger partial charge in [0.25, 0.3) is 0 Å². The summed E-state index contributed by atoms with van der Waals surface area (Å²) in [6.45, 7) is 2.18. The quantitative estimate of drug-likeness (QED) is 0.753. The van der Waals surface area contributed by atoms with Gasteiger partial charge in [-0.15, -0.1) is 0 Å². The number of carbonyl (C=O) groups is 1. The van der Waals surface area contributed by atoms with Crippen molar-refractivity contribution < 1.29 is 14.3 Å². The van der Waals surface area contributed by atoms with Gasteiger partial charge < -0.3 is 9.47 Å². The summed E-state index contributed by atoms with van der Waals surface area (Å²) in [7, 11) is 1.34. The van der Waals surface area contributed by atoms with E-state index in [2.05, 4.69) is 28.8 Å². The van der Waals surface area contributed by atoms with Crippen LogP contribution in [0.3, 0.4) is 0 Å². The Hall–Kier alpha value is -2.36. The fraction of sp³-hybridized carbons (Fsp3) is 0.294. The molecule has 2 aromatic rings. The van der Waals surface area contributed by atoms with Crippen molar-refractivity contribution in [3.63, 3.8) is 0 Å².